The lowest BCUT2D eigenvalue weighted by Gasteiger charge is -2.36. The molecule has 0 aromatic carbocycles. The summed E-state index contributed by atoms with van der Waals surface area (Å²) >= 11 is 0. The number of ether oxygens (including phenoxy) is 1. The Hall–Kier alpha value is -1.26. The molecule has 0 saturated carbocycles. The summed E-state index contributed by atoms with van der Waals surface area (Å²) in [5, 5.41) is 8.84. The monoisotopic (exact) mass is 345 g/mol. The van der Waals surface area contributed by atoms with Crippen molar-refractivity contribution in [2.24, 2.45) is 5.92 Å². The maximum atomic E-state index is 12.4. The summed E-state index contributed by atoms with van der Waals surface area (Å²) < 4.78 is 7.64. The first kappa shape index (κ1) is 20.1. The molecule has 0 fully saturated rings. The number of carbonyl (C=O) groups is 1. The van der Waals surface area contributed by atoms with Crippen LogP contribution >= 0.6 is 0 Å². The molecule has 5 nitrogen and oxygen atoms in total. The number of hydrogen-bond donors (Lipinski definition) is 0. The number of aromatic nitrogens is 3. The zero-order chi connectivity index (χ0) is 19.0. The average Bonchev–Trinajstić information content (AvgIpc) is 2.82. The minimum absolute atomic E-state index is 0.0868. The Balaban J connectivity index is 2.33. The number of rotatable bonds is 2. The van der Waals surface area contributed by atoms with E-state index in [0.29, 0.717) is 6.42 Å². The number of hydrogen-bond acceptors (Lipinski definition) is 4. The van der Waals surface area contributed by atoms with E-state index in [9.17, 15) is 4.79 Å². The van der Waals surface area contributed by atoms with Gasteiger partial charge >= 0.3 is 5.97 Å². The van der Waals surface area contributed by atoms with Gasteiger partial charge in [0.25, 0.3) is 0 Å². The fourth-order valence-electron chi connectivity index (χ4n) is 3.74. The quantitative estimate of drug-likeness (QED) is 0.603. The Bertz CT molecular complexity index is 627. The Morgan fingerprint density at radius 2 is 1.88 bits per heavy atom. The van der Waals surface area contributed by atoms with Gasteiger partial charge in [0.1, 0.15) is 21.3 Å². The van der Waals surface area contributed by atoms with Crippen molar-refractivity contribution in [1.82, 2.24) is 15.0 Å². The van der Waals surface area contributed by atoms with E-state index in [-0.39, 0.29) is 22.6 Å². The third-order valence-electron chi connectivity index (χ3n) is 5.08. The molecule has 7 heteroatoms. The predicted molar refractivity (Wildman–Crippen MR) is 105 cm³/mol. The van der Waals surface area contributed by atoms with Crippen LogP contribution in [0.2, 0.25) is 0 Å². The van der Waals surface area contributed by atoms with Gasteiger partial charge < -0.3 is 4.74 Å². The molecule has 0 saturated heterocycles. The van der Waals surface area contributed by atoms with E-state index < -0.39 is 5.60 Å². The first-order valence-corrected chi connectivity index (χ1v) is 9.50. The average molecular weight is 345 g/mol. The third kappa shape index (κ3) is 4.68. The molecule has 0 amide bonds. The largest absolute Gasteiger partial charge is 0.460 e. The van der Waals surface area contributed by atoms with E-state index in [1.165, 1.54) is 5.69 Å². The van der Waals surface area contributed by atoms with Crippen LogP contribution in [0.5, 0.6) is 0 Å². The fourth-order valence-corrected chi connectivity index (χ4v) is 3.74. The van der Waals surface area contributed by atoms with Gasteiger partial charge in [-0.25, -0.2) is 4.68 Å². The lowest BCUT2D eigenvalue weighted by Crippen LogP contribution is -2.41. The van der Waals surface area contributed by atoms with Gasteiger partial charge in [-0.3, -0.25) is 4.79 Å². The van der Waals surface area contributed by atoms with E-state index in [0.717, 1.165) is 31.4 Å². The van der Waals surface area contributed by atoms with Crippen LogP contribution in [0, 0.1) is 5.92 Å². The normalized spacial score (nSPS) is 21.1. The predicted octanol–water partition coefficient (Wildman–Crippen LogP) is 1.53. The van der Waals surface area contributed by atoms with Crippen molar-refractivity contribution in [2.75, 3.05) is 0 Å². The second kappa shape index (κ2) is 6.81. The van der Waals surface area contributed by atoms with Gasteiger partial charge in [-0.15, -0.1) is 5.10 Å². The molecule has 0 aliphatic heterocycles. The summed E-state index contributed by atoms with van der Waals surface area (Å²) in [5.74, 6) is 0.0995. The molecule has 0 radical (unpaired) electrons. The maximum Gasteiger partial charge on any atom is 0.306 e. The summed E-state index contributed by atoms with van der Waals surface area (Å²) in [6.07, 6.45) is 4.69. The highest BCUT2D eigenvalue weighted by Gasteiger charge is 2.40. The van der Waals surface area contributed by atoms with E-state index in [4.69, 9.17) is 4.74 Å². The van der Waals surface area contributed by atoms with Crippen molar-refractivity contribution in [1.29, 1.82) is 0 Å². The smallest absolute Gasteiger partial charge is 0.306 e. The van der Waals surface area contributed by atoms with Gasteiger partial charge in [-0.05, 0) is 65.5 Å². The van der Waals surface area contributed by atoms with Crippen molar-refractivity contribution in [3.05, 3.63) is 11.4 Å². The number of carbonyl (C=O) groups excluding carboxylic acids is 1. The Morgan fingerprint density at radius 3 is 2.44 bits per heavy atom. The Morgan fingerprint density at radius 1 is 1.24 bits per heavy atom. The fraction of sp³-hybridized carbons (Fsp3) is 0.833. The van der Waals surface area contributed by atoms with Crippen molar-refractivity contribution < 1.29 is 9.53 Å². The van der Waals surface area contributed by atoms with Gasteiger partial charge in [-0.2, -0.15) is 0 Å². The van der Waals surface area contributed by atoms with Crippen LogP contribution in [0.4, 0.5) is 0 Å². The SMILES string of the molecule is BC1(B)c2nnn(C(C)(C)C)c2CCCCC1CC(=O)OC(C)(C)C. The molecule has 1 aliphatic carbocycles. The second-order valence-corrected chi connectivity index (χ2v) is 9.92. The zero-order valence-corrected chi connectivity index (χ0v) is 17.3. The zero-order valence-electron chi connectivity index (χ0n) is 17.3. The molecule has 1 aromatic rings. The molecule has 0 spiro atoms. The molecular weight excluding hydrogens is 312 g/mol. The molecule has 1 aromatic heterocycles. The van der Waals surface area contributed by atoms with Gasteiger partial charge in [0.05, 0.1) is 16.9 Å². The Kier molecular flexibility index (Phi) is 5.46. The van der Waals surface area contributed by atoms with Crippen LogP contribution in [0.1, 0.15) is 78.6 Å². The third-order valence-corrected chi connectivity index (χ3v) is 5.08. The van der Waals surface area contributed by atoms with Crippen LogP contribution in [0.25, 0.3) is 0 Å². The highest BCUT2D eigenvalue weighted by molar-refractivity contribution is 6.40. The van der Waals surface area contributed by atoms with Crippen molar-refractivity contribution in [2.45, 2.75) is 90.0 Å². The molecule has 1 aliphatic rings. The molecule has 0 bridgehead atoms. The van der Waals surface area contributed by atoms with Gasteiger partial charge in [0.2, 0.25) is 0 Å². The Labute approximate surface area is 154 Å². The first-order valence-electron chi connectivity index (χ1n) is 9.50. The molecule has 0 N–H and O–H groups in total. The summed E-state index contributed by atoms with van der Waals surface area (Å²) in [7, 11) is 4.40. The minimum atomic E-state index is -0.441. The molecule has 25 heavy (non-hydrogen) atoms. The summed E-state index contributed by atoms with van der Waals surface area (Å²) in [4.78, 5) is 12.4. The lowest BCUT2D eigenvalue weighted by molar-refractivity contribution is -0.156. The summed E-state index contributed by atoms with van der Waals surface area (Å²) in [6, 6.07) is 0. The van der Waals surface area contributed by atoms with Crippen LogP contribution in [0.3, 0.4) is 0 Å². The van der Waals surface area contributed by atoms with E-state index in [1.54, 1.807) is 0 Å². The highest BCUT2D eigenvalue weighted by atomic mass is 16.6. The lowest BCUT2D eigenvalue weighted by atomic mass is 9.44. The molecule has 1 heterocycles. The van der Waals surface area contributed by atoms with Crippen LogP contribution in [-0.4, -0.2) is 42.3 Å². The molecule has 1 unspecified atom stereocenters. The van der Waals surface area contributed by atoms with Gasteiger partial charge in [0.15, 0.2) is 0 Å². The van der Waals surface area contributed by atoms with Crippen LogP contribution < -0.4 is 0 Å². The molecule has 1 atom stereocenters. The van der Waals surface area contributed by atoms with E-state index in [2.05, 4.69) is 51.5 Å². The van der Waals surface area contributed by atoms with Crippen molar-refractivity contribution >= 4 is 21.7 Å². The molecule has 138 valence electrons. The van der Waals surface area contributed by atoms with Gasteiger partial charge in [-0.1, -0.05) is 18.1 Å². The maximum absolute atomic E-state index is 12.4. The highest BCUT2D eigenvalue weighted by Crippen LogP contribution is 2.37. The molecular formula is C18H33B2N3O2. The van der Waals surface area contributed by atoms with Crippen molar-refractivity contribution in [3.63, 3.8) is 0 Å². The number of esters is 1. The van der Waals surface area contributed by atoms with E-state index in [1.807, 2.05) is 20.8 Å². The summed E-state index contributed by atoms with van der Waals surface area (Å²) in [5.41, 5.74) is 1.75. The topological polar surface area (TPSA) is 57.0 Å². The van der Waals surface area contributed by atoms with Crippen LogP contribution in [-0.2, 0) is 26.7 Å². The standard InChI is InChI=1S/C18H33B2N3O2/c1-16(2,3)23-13-10-8-7-9-12(11-14(24)25-17(4,5)6)18(19,20)15(13)21-22-23/h12H,7-11,19-20H2,1-6H3. The summed E-state index contributed by atoms with van der Waals surface area (Å²) in [6.45, 7) is 12.2. The van der Waals surface area contributed by atoms with E-state index >= 15 is 0 Å². The minimum Gasteiger partial charge on any atom is -0.460 e. The number of nitrogens with zero attached hydrogens (tertiary/aromatic N) is 3. The molecule has 2 rings (SSSR count). The second-order valence-electron chi connectivity index (χ2n) is 9.92. The van der Waals surface area contributed by atoms with Crippen molar-refractivity contribution in [3.8, 4) is 0 Å². The number of fused-ring (bicyclic) bond motifs is 1. The van der Waals surface area contributed by atoms with Crippen LogP contribution in [0.15, 0.2) is 0 Å². The van der Waals surface area contributed by atoms with Gasteiger partial charge in [0, 0.05) is 6.42 Å². The first-order chi connectivity index (χ1) is 11.3.